The van der Waals surface area contributed by atoms with Crippen molar-refractivity contribution in [1.29, 1.82) is 0 Å². The standard InChI is InChI=1S/C15H21BN6.2C9H12O.O.W/c1-10-7-13(4)20(17-10)16(21-14(5)8-11(2)18-21)22-15(6)9-12(3)19-22;2*1-2-5-8-6-3-4-7-9(8)10;;/h7-9H,1-6H3;2*3-4,6-7,10H,2,5H2,1H3;;/q-1;;;-2;/p-2. The molecule has 0 atom stereocenters. The molecule has 0 aliphatic carbocycles. The molecule has 0 bridgehead atoms. The molecule has 0 fully saturated rings. The molecule has 0 unspecified atom stereocenters. The summed E-state index contributed by atoms with van der Waals surface area (Å²) in [6, 6.07) is 20.6. The van der Waals surface area contributed by atoms with Crippen LogP contribution in [0.2, 0.25) is 0 Å². The molecule has 0 aliphatic heterocycles. The van der Waals surface area contributed by atoms with Crippen molar-refractivity contribution >= 4 is 7.12 Å². The number of aryl methyl sites for hydroxylation is 8. The van der Waals surface area contributed by atoms with Gasteiger partial charge in [-0.05, 0) is 89.7 Å². The Kier molecular flexibility index (Phi) is 15.9. The van der Waals surface area contributed by atoms with E-state index >= 15 is 0 Å². The summed E-state index contributed by atoms with van der Waals surface area (Å²) in [6.07, 6.45) is 3.89. The predicted octanol–water partition coefficient (Wildman–Crippen LogP) is 5.36. The first kappa shape index (κ1) is 38.4. The van der Waals surface area contributed by atoms with Crippen molar-refractivity contribution < 1.29 is 36.8 Å². The average Bonchev–Trinajstić information content (AvgIpc) is 3.58. The molecule has 3 heterocycles. The van der Waals surface area contributed by atoms with Gasteiger partial charge in [-0.3, -0.25) is 0 Å². The van der Waals surface area contributed by atoms with E-state index in [1.165, 1.54) is 0 Å². The van der Waals surface area contributed by atoms with Gasteiger partial charge in [-0.15, -0.1) is 11.5 Å². The van der Waals surface area contributed by atoms with Gasteiger partial charge >= 0.3 is 0 Å². The van der Waals surface area contributed by atoms with Crippen LogP contribution in [-0.2, 0) is 39.4 Å². The molecule has 237 valence electrons. The van der Waals surface area contributed by atoms with Crippen LogP contribution in [0.4, 0.5) is 0 Å². The van der Waals surface area contributed by atoms with E-state index in [-0.39, 0.29) is 45.2 Å². The normalized spacial score (nSPS) is 10.2. The quantitative estimate of drug-likeness (QED) is 0.206. The third-order valence-corrected chi connectivity index (χ3v) is 6.77. The van der Waals surface area contributed by atoms with Gasteiger partial charge in [-0.1, -0.05) is 86.3 Å². The van der Waals surface area contributed by atoms with Crippen LogP contribution in [0.5, 0.6) is 11.5 Å². The summed E-state index contributed by atoms with van der Waals surface area (Å²) >= 11 is 0. The van der Waals surface area contributed by atoms with Gasteiger partial charge in [0.1, 0.15) is 0 Å². The summed E-state index contributed by atoms with van der Waals surface area (Å²) in [6.45, 7) is 16.3. The van der Waals surface area contributed by atoms with E-state index in [1.54, 1.807) is 24.3 Å². The van der Waals surface area contributed by atoms with Crippen LogP contribution >= 0.6 is 0 Å². The fourth-order valence-corrected chi connectivity index (χ4v) is 4.91. The molecule has 0 amide bonds. The van der Waals surface area contributed by atoms with E-state index in [9.17, 15) is 10.2 Å². The average molecular weight is 766 g/mol. The summed E-state index contributed by atoms with van der Waals surface area (Å²) < 4.78 is 5.94. The van der Waals surface area contributed by atoms with Gasteiger partial charge in [0.25, 0.3) is 7.12 Å². The van der Waals surface area contributed by atoms with E-state index in [0.717, 1.165) is 71.0 Å². The van der Waals surface area contributed by atoms with Gasteiger partial charge in [-0.2, -0.15) is 0 Å². The van der Waals surface area contributed by atoms with Crippen LogP contribution in [0.1, 0.15) is 72.0 Å². The smallest absolute Gasteiger partial charge is 0.261 e. The zero-order valence-corrected chi connectivity index (χ0v) is 30.0. The number of aromatic nitrogens is 6. The number of hydrogen-bond donors (Lipinski definition) is 0. The SMILES string of the molecule is CCCc1ccccc1[O-].CCCc1ccccc1[O-].Cc1cc(C)n([B-](n2nc(C)cc2C)n2nc(C)cc2C)n1.[O-2].[W]. The van der Waals surface area contributed by atoms with Crippen LogP contribution in [0.15, 0.2) is 66.7 Å². The minimum absolute atomic E-state index is 0. The third kappa shape index (κ3) is 10.2. The Balaban J connectivity index is 0.000000369. The summed E-state index contributed by atoms with van der Waals surface area (Å²) in [5.74, 6) is 0.341. The maximum absolute atomic E-state index is 11.0. The molecule has 5 aromatic rings. The van der Waals surface area contributed by atoms with Crippen molar-refractivity contribution in [2.45, 2.75) is 81.1 Å². The van der Waals surface area contributed by atoms with E-state index in [1.807, 2.05) is 58.8 Å². The second-order valence-electron chi connectivity index (χ2n) is 10.7. The molecule has 2 aromatic carbocycles. The largest absolute Gasteiger partial charge is 2.00 e. The summed E-state index contributed by atoms with van der Waals surface area (Å²) in [4.78, 5) is 0. The molecular formula is C33H43BN6O3W-5. The number of benzene rings is 2. The van der Waals surface area contributed by atoms with Crippen molar-refractivity contribution in [2.24, 2.45) is 0 Å². The number of hydrogen-bond acceptors (Lipinski definition) is 5. The Morgan fingerprint density at radius 3 is 1.09 bits per heavy atom. The topological polar surface area (TPSA) is 128 Å². The summed E-state index contributed by atoms with van der Waals surface area (Å²) in [5, 5.41) is 36.0. The minimum Gasteiger partial charge on any atom is -2.00 e. The Morgan fingerprint density at radius 2 is 0.864 bits per heavy atom. The molecule has 44 heavy (non-hydrogen) atoms. The van der Waals surface area contributed by atoms with Crippen molar-refractivity contribution in [3.63, 3.8) is 0 Å². The van der Waals surface area contributed by atoms with Gasteiger partial charge in [-0.25, -0.2) is 15.3 Å². The Bertz CT molecular complexity index is 1420. The predicted molar refractivity (Wildman–Crippen MR) is 168 cm³/mol. The van der Waals surface area contributed by atoms with Crippen molar-refractivity contribution in [2.75, 3.05) is 0 Å². The minimum atomic E-state index is -0.226. The van der Waals surface area contributed by atoms with Crippen molar-refractivity contribution in [3.05, 3.63) is 112 Å². The number of rotatable bonds is 7. The molecule has 0 saturated carbocycles. The maximum Gasteiger partial charge on any atom is 0.261 e. The van der Waals surface area contributed by atoms with Gasteiger partial charge in [0, 0.05) is 21.1 Å². The van der Waals surface area contributed by atoms with Gasteiger partial charge in [0.2, 0.25) is 0 Å². The van der Waals surface area contributed by atoms with Gasteiger partial charge in [0.05, 0.1) is 17.1 Å². The fraction of sp³-hybridized carbons (Fsp3) is 0.364. The van der Waals surface area contributed by atoms with Crippen molar-refractivity contribution in [3.8, 4) is 11.5 Å². The zero-order valence-electron chi connectivity index (χ0n) is 27.1. The molecule has 0 N–H and O–H groups in total. The molecule has 1 radical (unpaired) electrons. The van der Waals surface area contributed by atoms with E-state index in [4.69, 9.17) is 0 Å². The van der Waals surface area contributed by atoms with Crippen molar-refractivity contribution in [1.82, 2.24) is 29.1 Å². The Hall–Kier alpha value is -3.62. The number of para-hydroxylation sites is 2. The van der Waals surface area contributed by atoms with Crippen LogP contribution in [0, 0.1) is 41.5 Å². The summed E-state index contributed by atoms with van der Waals surface area (Å²) in [7, 11) is -0.226. The molecule has 9 nitrogen and oxygen atoms in total. The summed E-state index contributed by atoms with van der Waals surface area (Å²) in [5.41, 5.74) is 8.10. The molecule has 3 aromatic heterocycles. The van der Waals surface area contributed by atoms with Crippen LogP contribution < -0.4 is 10.2 Å². The fourth-order valence-electron chi connectivity index (χ4n) is 4.91. The second kappa shape index (κ2) is 18.3. The first-order chi connectivity index (χ1) is 20.0. The molecule has 0 saturated heterocycles. The first-order valence-corrected chi connectivity index (χ1v) is 14.6. The molecule has 0 aliphatic rings. The van der Waals surface area contributed by atoms with Crippen LogP contribution in [-0.4, -0.2) is 36.2 Å². The van der Waals surface area contributed by atoms with Crippen LogP contribution in [0.25, 0.3) is 0 Å². The Morgan fingerprint density at radius 1 is 0.568 bits per heavy atom. The van der Waals surface area contributed by atoms with Gasteiger partial charge < -0.3 is 29.5 Å². The first-order valence-electron chi connectivity index (χ1n) is 14.6. The zero-order chi connectivity index (χ0) is 30.8. The molecular weight excluding hydrogens is 723 g/mol. The van der Waals surface area contributed by atoms with E-state index < -0.39 is 0 Å². The number of nitrogens with zero attached hydrogens (tertiary/aromatic N) is 6. The van der Waals surface area contributed by atoms with E-state index in [0.29, 0.717) is 0 Å². The molecule has 0 spiro atoms. The molecule has 11 heteroatoms. The molecule has 5 rings (SSSR count). The maximum atomic E-state index is 11.0. The second-order valence-corrected chi connectivity index (χ2v) is 10.7. The van der Waals surface area contributed by atoms with Crippen LogP contribution in [0.3, 0.4) is 0 Å². The monoisotopic (exact) mass is 766 g/mol. The third-order valence-electron chi connectivity index (χ3n) is 6.77. The Labute approximate surface area is 276 Å². The van der Waals surface area contributed by atoms with Gasteiger partial charge in [0.15, 0.2) is 0 Å². The van der Waals surface area contributed by atoms with E-state index in [2.05, 4.69) is 68.1 Å².